The van der Waals surface area contributed by atoms with E-state index in [0.29, 0.717) is 16.5 Å². The number of aryl methyl sites for hydroxylation is 1. The Hall–Kier alpha value is -2.86. The zero-order valence-electron chi connectivity index (χ0n) is 13.2. The molecule has 2 aromatic carbocycles. The average Bonchev–Trinajstić information content (AvgIpc) is 3.08. The van der Waals surface area contributed by atoms with E-state index in [4.69, 9.17) is 16.3 Å². The van der Waals surface area contributed by atoms with E-state index in [-0.39, 0.29) is 0 Å². The third-order valence-electron chi connectivity index (χ3n) is 3.46. The summed E-state index contributed by atoms with van der Waals surface area (Å²) in [6, 6.07) is 14.6. The summed E-state index contributed by atoms with van der Waals surface area (Å²) in [7, 11) is 1.55. The molecule has 0 saturated carbocycles. The van der Waals surface area contributed by atoms with E-state index in [1.54, 1.807) is 31.4 Å². The lowest BCUT2D eigenvalue weighted by Crippen LogP contribution is -2.39. The van der Waals surface area contributed by atoms with Crippen LogP contribution in [0.3, 0.4) is 0 Å². The fraction of sp³-hybridized carbons (Fsp3) is 0.118. The summed E-state index contributed by atoms with van der Waals surface area (Å²) in [6.07, 6.45) is 1.07. The minimum absolute atomic E-state index is 0.414. The van der Waals surface area contributed by atoms with Gasteiger partial charge >= 0.3 is 6.09 Å². The van der Waals surface area contributed by atoms with E-state index in [1.807, 2.05) is 37.3 Å². The first-order valence-corrected chi connectivity index (χ1v) is 7.62. The number of nitrogens with zero attached hydrogens (tertiary/aromatic N) is 4. The van der Waals surface area contributed by atoms with Crippen LogP contribution in [0.15, 0.2) is 54.7 Å². The number of benzene rings is 2. The lowest BCUT2D eigenvalue weighted by Gasteiger charge is -2.15. The van der Waals surface area contributed by atoms with Gasteiger partial charge in [-0.3, -0.25) is 0 Å². The fourth-order valence-electron chi connectivity index (χ4n) is 2.07. The van der Waals surface area contributed by atoms with Gasteiger partial charge in [0.1, 0.15) is 11.4 Å². The van der Waals surface area contributed by atoms with E-state index in [0.717, 1.165) is 11.1 Å². The van der Waals surface area contributed by atoms with Crippen molar-refractivity contribution >= 4 is 17.7 Å². The molecule has 1 aromatic heterocycles. The second-order valence-corrected chi connectivity index (χ2v) is 5.60. The van der Waals surface area contributed by atoms with Gasteiger partial charge in [-0.1, -0.05) is 41.9 Å². The number of halogens is 1. The molecule has 3 aromatic rings. The van der Waals surface area contributed by atoms with E-state index >= 15 is 0 Å². The number of hydrogen-bond donors (Lipinski definition) is 0. The first-order chi connectivity index (χ1) is 11.5. The average molecular weight is 343 g/mol. The highest BCUT2D eigenvalue weighted by molar-refractivity contribution is 6.31. The Balaban J connectivity index is 1.74. The molecule has 24 heavy (non-hydrogen) atoms. The van der Waals surface area contributed by atoms with Crippen LogP contribution in [0.2, 0.25) is 5.02 Å². The van der Waals surface area contributed by atoms with Crippen molar-refractivity contribution in [1.82, 2.24) is 15.1 Å². The minimum atomic E-state index is -0.582. The third kappa shape index (κ3) is 3.38. The summed E-state index contributed by atoms with van der Waals surface area (Å²) in [5, 5.41) is 9.87. The molecule has 0 radical (unpaired) electrons. The van der Waals surface area contributed by atoms with Crippen molar-refractivity contribution in [2.45, 2.75) is 6.92 Å². The van der Waals surface area contributed by atoms with Crippen molar-refractivity contribution in [3.05, 3.63) is 65.3 Å². The molecule has 0 unspecified atom stereocenters. The Morgan fingerprint density at radius 1 is 1.21 bits per heavy atom. The Bertz CT molecular complexity index is 864. The molecule has 3 rings (SSSR count). The summed E-state index contributed by atoms with van der Waals surface area (Å²) in [6.45, 7) is 1.84. The second kappa shape index (κ2) is 6.72. The van der Waals surface area contributed by atoms with Gasteiger partial charge in [-0.15, -0.1) is 5.10 Å². The van der Waals surface area contributed by atoms with Gasteiger partial charge in [0.25, 0.3) is 0 Å². The third-order valence-corrected chi connectivity index (χ3v) is 3.88. The molecular formula is C17H15ClN4O2. The van der Waals surface area contributed by atoms with Gasteiger partial charge in [0, 0.05) is 17.6 Å². The van der Waals surface area contributed by atoms with Crippen LogP contribution in [0, 0.1) is 6.92 Å². The highest BCUT2D eigenvalue weighted by Crippen LogP contribution is 2.21. The summed E-state index contributed by atoms with van der Waals surface area (Å²) < 4.78 is 5.32. The molecule has 1 heterocycles. The molecule has 6 nitrogen and oxygen atoms in total. The number of amides is 1. The smallest absolute Gasteiger partial charge is 0.409 e. The summed E-state index contributed by atoms with van der Waals surface area (Å²) in [5.41, 5.74) is 2.41. The maximum Gasteiger partial charge on any atom is 0.435 e. The van der Waals surface area contributed by atoms with Crippen LogP contribution in [-0.4, -0.2) is 28.2 Å². The number of carbonyl (C=O) groups is 1. The fourth-order valence-corrected chi connectivity index (χ4v) is 2.19. The van der Waals surface area contributed by atoms with Crippen LogP contribution in [0.25, 0.3) is 11.3 Å². The van der Waals surface area contributed by atoms with Crippen molar-refractivity contribution in [3.8, 4) is 17.0 Å². The molecule has 0 fully saturated rings. The van der Waals surface area contributed by atoms with Gasteiger partial charge in [-0.2, -0.15) is 9.80 Å². The van der Waals surface area contributed by atoms with Gasteiger partial charge in [0.05, 0.1) is 6.20 Å². The van der Waals surface area contributed by atoms with Crippen molar-refractivity contribution in [3.63, 3.8) is 0 Å². The van der Waals surface area contributed by atoms with Crippen molar-refractivity contribution in [2.75, 3.05) is 12.1 Å². The highest BCUT2D eigenvalue weighted by atomic mass is 35.5. The normalized spacial score (nSPS) is 10.5. The largest absolute Gasteiger partial charge is 0.435 e. The molecule has 0 aliphatic rings. The van der Waals surface area contributed by atoms with Crippen LogP contribution in [0.1, 0.15) is 5.56 Å². The zero-order chi connectivity index (χ0) is 17.1. The number of ether oxygens (including phenoxy) is 1. The maximum atomic E-state index is 12.2. The lowest BCUT2D eigenvalue weighted by atomic mass is 10.2. The number of hydrogen-bond acceptors (Lipinski definition) is 4. The molecule has 0 atom stereocenters. The minimum Gasteiger partial charge on any atom is -0.409 e. The lowest BCUT2D eigenvalue weighted by molar-refractivity contribution is 0.201. The van der Waals surface area contributed by atoms with Gasteiger partial charge in [0.2, 0.25) is 0 Å². The van der Waals surface area contributed by atoms with E-state index in [9.17, 15) is 4.79 Å². The Kier molecular flexibility index (Phi) is 4.48. The van der Waals surface area contributed by atoms with Crippen molar-refractivity contribution in [2.24, 2.45) is 0 Å². The molecule has 7 heteroatoms. The maximum absolute atomic E-state index is 12.2. The van der Waals surface area contributed by atoms with Crippen LogP contribution in [-0.2, 0) is 0 Å². The molecule has 122 valence electrons. The SMILES string of the molecule is Cc1cc(OC(=O)N(C)n2cc(-c3ccccc3)nn2)ccc1Cl. The van der Waals surface area contributed by atoms with Crippen LogP contribution in [0.4, 0.5) is 4.79 Å². The topological polar surface area (TPSA) is 60.2 Å². The van der Waals surface area contributed by atoms with E-state index < -0.39 is 6.09 Å². The van der Waals surface area contributed by atoms with Gasteiger partial charge in [-0.25, -0.2) is 4.79 Å². The molecule has 0 N–H and O–H groups in total. The van der Waals surface area contributed by atoms with Gasteiger partial charge in [-0.05, 0) is 35.9 Å². The standard InChI is InChI=1S/C17H15ClN4O2/c1-12-10-14(8-9-15(12)18)24-17(23)21(2)22-11-16(19-20-22)13-6-4-3-5-7-13/h3-11H,1-2H3. The highest BCUT2D eigenvalue weighted by Gasteiger charge is 2.16. The number of carbonyl (C=O) groups excluding carboxylic acids is 1. The van der Waals surface area contributed by atoms with Gasteiger partial charge in [0.15, 0.2) is 0 Å². The van der Waals surface area contributed by atoms with Crippen LogP contribution < -0.4 is 9.75 Å². The number of aromatic nitrogens is 3. The van der Waals surface area contributed by atoms with Crippen molar-refractivity contribution < 1.29 is 9.53 Å². The molecule has 1 amide bonds. The number of rotatable bonds is 3. The molecule has 0 saturated heterocycles. The Labute approximate surface area is 144 Å². The molecule has 0 aliphatic heterocycles. The monoisotopic (exact) mass is 342 g/mol. The zero-order valence-corrected chi connectivity index (χ0v) is 13.9. The van der Waals surface area contributed by atoms with Crippen LogP contribution in [0.5, 0.6) is 5.75 Å². The first-order valence-electron chi connectivity index (χ1n) is 7.24. The Morgan fingerprint density at radius 2 is 1.96 bits per heavy atom. The predicted molar refractivity (Wildman–Crippen MR) is 91.8 cm³/mol. The second-order valence-electron chi connectivity index (χ2n) is 5.19. The van der Waals surface area contributed by atoms with E-state index in [2.05, 4.69) is 10.3 Å². The van der Waals surface area contributed by atoms with E-state index in [1.165, 1.54) is 9.80 Å². The summed E-state index contributed by atoms with van der Waals surface area (Å²) >= 11 is 5.96. The molecule has 0 bridgehead atoms. The molecular weight excluding hydrogens is 328 g/mol. The summed E-state index contributed by atoms with van der Waals surface area (Å²) in [5.74, 6) is 0.414. The van der Waals surface area contributed by atoms with Gasteiger partial charge < -0.3 is 4.74 Å². The first kappa shape index (κ1) is 16.0. The quantitative estimate of drug-likeness (QED) is 0.728. The van der Waals surface area contributed by atoms with Crippen molar-refractivity contribution in [1.29, 1.82) is 0 Å². The van der Waals surface area contributed by atoms with Crippen LogP contribution >= 0.6 is 11.6 Å². The predicted octanol–water partition coefficient (Wildman–Crippen LogP) is 3.67. The summed E-state index contributed by atoms with van der Waals surface area (Å²) in [4.78, 5) is 13.6. The molecule has 0 aliphatic carbocycles. The molecule has 0 spiro atoms. The Morgan fingerprint density at radius 3 is 2.67 bits per heavy atom.